The van der Waals surface area contributed by atoms with Gasteiger partial charge in [-0.25, -0.2) is 0 Å². The van der Waals surface area contributed by atoms with E-state index < -0.39 is 0 Å². The lowest BCUT2D eigenvalue weighted by Crippen LogP contribution is -2.26. The van der Waals surface area contributed by atoms with E-state index >= 15 is 0 Å². The summed E-state index contributed by atoms with van der Waals surface area (Å²) in [5.41, 5.74) is 0.877. The van der Waals surface area contributed by atoms with E-state index in [1.54, 1.807) is 12.1 Å². The van der Waals surface area contributed by atoms with E-state index in [0.717, 1.165) is 36.7 Å². The fourth-order valence-electron chi connectivity index (χ4n) is 1.52. The van der Waals surface area contributed by atoms with Gasteiger partial charge in [0.15, 0.2) is 0 Å². The quantitative estimate of drug-likeness (QED) is 0.577. The molecular weight excluding hydrogens is 337 g/mol. The molecule has 0 saturated heterocycles. The number of carbonyl (C=O) groups excluding carboxylic acids is 1. The molecule has 1 aromatic carbocycles. The van der Waals surface area contributed by atoms with Gasteiger partial charge in [-0.1, -0.05) is 51.6 Å². The van der Waals surface area contributed by atoms with Crippen LogP contribution in [0.5, 0.6) is 0 Å². The van der Waals surface area contributed by atoms with Gasteiger partial charge in [-0.05, 0) is 30.5 Å². The number of amides is 1. The summed E-state index contributed by atoms with van der Waals surface area (Å²) in [6, 6.07) is 5.26. The number of rotatable bonds is 7. The first-order chi connectivity index (χ1) is 8.63. The highest BCUT2D eigenvalue weighted by Gasteiger charge is 2.05. The molecule has 0 spiro atoms. The summed E-state index contributed by atoms with van der Waals surface area (Å²) in [6.07, 6.45) is 3.62. The van der Waals surface area contributed by atoms with Crippen molar-refractivity contribution in [3.8, 4) is 0 Å². The monoisotopic (exact) mass is 351 g/mol. The van der Waals surface area contributed by atoms with Crippen LogP contribution in [0.3, 0.4) is 0 Å². The van der Waals surface area contributed by atoms with Crippen molar-refractivity contribution in [1.82, 2.24) is 5.32 Å². The smallest absolute Gasteiger partial charge is 0.224 e. The van der Waals surface area contributed by atoms with Gasteiger partial charge in [0.05, 0.1) is 16.5 Å². The second kappa shape index (κ2) is 8.78. The molecule has 0 fully saturated rings. The molecule has 0 atom stereocenters. The van der Waals surface area contributed by atoms with E-state index in [-0.39, 0.29) is 5.91 Å². The maximum absolute atomic E-state index is 11.6. The highest BCUT2D eigenvalue weighted by Crippen LogP contribution is 2.22. The van der Waals surface area contributed by atoms with Crippen molar-refractivity contribution in [1.29, 1.82) is 0 Å². The van der Waals surface area contributed by atoms with Gasteiger partial charge in [-0.3, -0.25) is 4.79 Å². The Morgan fingerprint density at radius 2 is 1.94 bits per heavy atom. The molecule has 0 saturated carbocycles. The van der Waals surface area contributed by atoms with Crippen LogP contribution in [-0.2, 0) is 11.2 Å². The summed E-state index contributed by atoms with van der Waals surface area (Å²) >= 11 is 15.1. The number of halogens is 3. The van der Waals surface area contributed by atoms with Crippen LogP contribution in [0.1, 0.15) is 24.8 Å². The van der Waals surface area contributed by atoms with Gasteiger partial charge in [0.25, 0.3) is 0 Å². The summed E-state index contributed by atoms with van der Waals surface area (Å²) in [5.74, 6) is 0.0206. The van der Waals surface area contributed by atoms with Gasteiger partial charge in [0.2, 0.25) is 5.91 Å². The Balaban J connectivity index is 2.29. The summed E-state index contributed by atoms with van der Waals surface area (Å²) in [4.78, 5) is 11.6. The van der Waals surface area contributed by atoms with E-state index in [1.165, 1.54) is 0 Å². The number of carbonyl (C=O) groups is 1. The van der Waals surface area contributed by atoms with Crippen LogP contribution in [0.4, 0.5) is 0 Å². The van der Waals surface area contributed by atoms with Gasteiger partial charge in [0.1, 0.15) is 0 Å². The topological polar surface area (TPSA) is 29.1 Å². The Morgan fingerprint density at radius 3 is 2.61 bits per heavy atom. The van der Waals surface area contributed by atoms with Crippen LogP contribution in [0, 0.1) is 0 Å². The number of nitrogens with one attached hydrogen (secondary N) is 1. The van der Waals surface area contributed by atoms with Crippen molar-refractivity contribution in [3.63, 3.8) is 0 Å². The van der Waals surface area contributed by atoms with Crippen LogP contribution in [0.2, 0.25) is 10.0 Å². The molecule has 0 aliphatic rings. The van der Waals surface area contributed by atoms with Gasteiger partial charge < -0.3 is 5.32 Å². The molecule has 1 aromatic rings. The summed E-state index contributed by atoms with van der Waals surface area (Å²) in [5, 5.41) is 4.91. The fourth-order valence-corrected chi connectivity index (χ4v) is 2.24. The standard InChI is InChI=1S/C13H16BrCl2NO/c14-6-2-1-3-7-17-13(18)9-10-4-5-11(15)12(16)8-10/h4-5,8H,1-3,6-7,9H2,(H,17,18). The molecule has 0 bridgehead atoms. The van der Waals surface area contributed by atoms with Gasteiger partial charge in [0, 0.05) is 11.9 Å². The second-order valence-electron chi connectivity index (χ2n) is 4.02. The molecule has 100 valence electrons. The third-order valence-electron chi connectivity index (χ3n) is 2.48. The lowest BCUT2D eigenvalue weighted by atomic mass is 10.1. The van der Waals surface area contributed by atoms with E-state index in [2.05, 4.69) is 21.2 Å². The summed E-state index contributed by atoms with van der Waals surface area (Å²) < 4.78 is 0. The molecule has 1 rings (SSSR count). The Bertz CT molecular complexity index is 399. The molecular formula is C13H16BrCl2NO. The minimum Gasteiger partial charge on any atom is -0.356 e. The van der Waals surface area contributed by atoms with Crippen molar-refractivity contribution in [2.45, 2.75) is 25.7 Å². The third kappa shape index (κ3) is 6.07. The van der Waals surface area contributed by atoms with Crippen LogP contribution >= 0.6 is 39.1 Å². The fraction of sp³-hybridized carbons (Fsp3) is 0.462. The number of hydrogen-bond donors (Lipinski definition) is 1. The molecule has 1 amide bonds. The molecule has 1 N–H and O–H groups in total. The molecule has 2 nitrogen and oxygen atoms in total. The molecule has 0 aromatic heterocycles. The maximum atomic E-state index is 11.6. The largest absolute Gasteiger partial charge is 0.356 e. The van der Waals surface area contributed by atoms with Crippen LogP contribution in [0.15, 0.2) is 18.2 Å². The highest BCUT2D eigenvalue weighted by atomic mass is 79.9. The number of hydrogen-bond acceptors (Lipinski definition) is 1. The predicted molar refractivity (Wildman–Crippen MR) is 80.8 cm³/mol. The number of alkyl halides is 1. The first-order valence-corrected chi connectivity index (χ1v) is 7.78. The van der Waals surface area contributed by atoms with Crippen molar-refractivity contribution < 1.29 is 4.79 Å². The zero-order chi connectivity index (χ0) is 13.4. The van der Waals surface area contributed by atoms with Crippen molar-refractivity contribution in [3.05, 3.63) is 33.8 Å². The van der Waals surface area contributed by atoms with Gasteiger partial charge in [-0.2, -0.15) is 0 Å². The molecule has 0 heterocycles. The Hall–Kier alpha value is -0.250. The van der Waals surface area contributed by atoms with Crippen LogP contribution in [0.25, 0.3) is 0 Å². The average molecular weight is 353 g/mol. The third-order valence-corrected chi connectivity index (χ3v) is 3.78. The van der Waals surface area contributed by atoms with Gasteiger partial charge >= 0.3 is 0 Å². The predicted octanol–water partition coefficient (Wildman–Crippen LogP) is 4.22. The number of unbranched alkanes of at least 4 members (excludes halogenated alkanes) is 2. The van der Waals surface area contributed by atoms with Crippen LogP contribution in [-0.4, -0.2) is 17.8 Å². The molecule has 0 aliphatic heterocycles. The first-order valence-electron chi connectivity index (χ1n) is 5.90. The second-order valence-corrected chi connectivity index (χ2v) is 5.63. The normalized spacial score (nSPS) is 10.4. The van der Waals surface area contributed by atoms with Crippen molar-refractivity contribution in [2.75, 3.05) is 11.9 Å². The molecule has 0 unspecified atom stereocenters. The maximum Gasteiger partial charge on any atom is 0.224 e. The van der Waals surface area contributed by atoms with E-state index in [1.807, 2.05) is 6.07 Å². The summed E-state index contributed by atoms with van der Waals surface area (Å²) in [6.45, 7) is 0.729. The van der Waals surface area contributed by atoms with E-state index in [4.69, 9.17) is 23.2 Å². The zero-order valence-electron chi connectivity index (χ0n) is 10.0. The van der Waals surface area contributed by atoms with E-state index in [0.29, 0.717) is 16.5 Å². The van der Waals surface area contributed by atoms with Gasteiger partial charge in [-0.15, -0.1) is 0 Å². The minimum atomic E-state index is 0.0206. The molecule has 5 heteroatoms. The lowest BCUT2D eigenvalue weighted by molar-refractivity contribution is -0.120. The number of benzene rings is 1. The van der Waals surface area contributed by atoms with Crippen LogP contribution < -0.4 is 5.32 Å². The SMILES string of the molecule is O=C(Cc1ccc(Cl)c(Cl)c1)NCCCCCBr. The highest BCUT2D eigenvalue weighted by molar-refractivity contribution is 9.09. The Kier molecular flexibility index (Phi) is 7.71. The van der Waals surface area contributed by atoms with E-state index in [9.17, 15) is 4.79 Å². The molecule has 18 heavy (non-hydrogen) atoms. The van der Waals surface area contributed by atoms with Crippen molar-refractivity contribution in [2.24, 2.45) is 0 Å². The minimum absolute atomic E-state index is 0.0206. The first kappa shape index (κ1) is 15.8. The zero-order valence-corrected chi connectivity index (χ0v) is 13.1. The Labute approximate surface area is 126 Å². The summed E-state index contributed by atoms with van der Waals surface area (Å²) in [7, 11) is 0. The molecule has 0 aliphatic carbocycles. The van der Waals surface area contributed by atoms with Crippen molar-refractivity contribution >= 4 is 45.0 Å². The molecule has 0 radical (unpaired) electrons. The lowest BCUT2D eigenvalue weighted by Gasteiger charge is -2.06. The Morgan fingerprint density at radius 1 is 1.17 bits per heavy atom. The average Bonchev–Trinajstić information content (AvgIpc) is 2.34.